The van der Waals surface area contributed by atoms with E-state index >= 15 is 0 Å². The van der Waals surface area contributed by atoms with Crippen LogP contribution in [0.3, 0.4) is 0 Å². The summed E-state index contributed by atoms with van der Waals surface area (Å²) in [7, 11) is 0. The molecule has 1 rings (SSSR count). The first-order valence-electron chi connectivity index (χ1n) is 2.25. The number of rotatable bonds is 0. The first-order valence-corrected chi connectivity index (χ1v) is 2.25. The smallest absolute Gasteiger partial charge is 0.00486 e. The molecular weight excluding hydrogens is 74.1 g/mol. The maximum Gasteiger partial charge on any atom is 0.00486 e. The normalized spacial score (nSPS) is 31.5. The van der Waals surface area contributed by atoms with Crippen molar-refractivity contribution in [1.29, 1.82) is 0 Å². The van der Waals surface area contributed by atoms with Gasteiger partial charge in [0.2, 0.25) is 0 Å². The highest BCUT2D eigenvalue weighted by molar-refractivity contribution is 5.11. The van der Waals surface area contributed by atoms with E-state index in [1.807, 2.05) is 0 Å². The Morgan fingerprint density at radius 2 is 2.50 bits per heavy atom. The van der Waals surface area contributed by atoms with E-state index in [0.29, 0.717) is 0 Å². The third-order valence-electron chi connectivity index (χ3n) is 1.06. The van der Waals surface area contributed by atoms with Gasteiger partial charge >= 0.3 is 0 Å². The maximum absolute atomic E-state index is 5.33. The Morgan fingerprint density at radius 3 is 2.50 bits per heavy atom. The zero-order valence-electron chi connectivity index (χ0n) is 3.94. The van der Waals surface area contributed by atoms with E-state index in [1.54, 1.807) is 0 Å². The van der Waals surface area contributed by atoms with Crippen LogP contribution in [0.4, 0.5) is 0 Å². The van der Waals surface area contributed by atoms with E-state index in [2.05, 4.69) is 13.0 Å². The first kappa shape index (κ1) is 3.72. The Labute approximate surface area is 37.8 Å². The number of hydrogen-bond donors (Lipinski definition) is 1. The van der Waals surface area contributed by atoms with Crippen LogP contribution in [0.2, 0.25) is 0 Å². The lowest BCUT2D eigenvalue weighted by Crippen LogP contribution is -2.12. The monoisotopic (exact) mass is 83.1 g/mol. The molecule has 0 amide bonds. The molecule has 0 aromatic heterocycles. The van der Waals surface area contributed by atoms with Gasteiger partial charge in [0.1, 0.15) is 0 Å². The predicted molar refractivity (Wildman–Crippen MR) is 26.1 cm³/mol. The van der Waals surface area contributed by atoms with E-state index in [9.17, 15) is 0 Å². The van der Waals surface area contributed by atoms with Crippen LogP contribution in [-0.4, -0.2) is 0 Å². The fourth-order valence-corrected chi connectivity index (χ4v) is 0.704. The van der Waals surface area contributed by atoms with Gasteiger partial charge in [-0.1, -0.05) is 13.0 Å². The molecular formula is C5H9N. The van der Waals surface area contributed by atoms with E-state index in [0.717, 1.165) is 18.0 Å². The first-order chi connectivity index (χ1) is 2.79. The highest BCUT2D eigenvalue weighted by Crippen LogP contribution is 2.19. The van der Waals surface area contributed by atoms with Crippen LogP contribution < -0.4 is 5.73 Å². The van der Waals surface area contributed by atoms with E-state index < -0.39 is 0 Å². The molecule has 0 saturated heterocycles. The van der Waals surface area contributed by atoms with Crippen molar-refractivity contribution in [2.24, 2.45) is 11.7 Å². The molecule has 1 atom stereocenters. The van der Waals surface area contributed by atoms with Crippen LogP contribution in [0, 0.1) is 5.92 Å². The molecule has 0 aromatic carbocycles. The van der Waals surface area contributed by atoms with E-state index in [-0.39, 0.29) is 0 Å². The number of hydrogen-bond acceptors (Lipinski definition) is 1. The molecule has 34 valence electrons. The van der Waals surface area contributed by atoms with Crippen molar-refractivity contribution in [2.75, 3.05) is 0 Å². The molecule has 1 aliphatic carbocycles. The van der Waals surface area contributed by atoms with Crippen molar-refractivity contribution < 1.29 is 0 Å². The Morgan fingerprint density at radius 1 is 2.00 bits per heavy atom. The molecule has 0 unspecified atom stereocenters. The van der Waals surface area contributed by atoms with Crippen molar-refractivity contribution in [2.45, 2.75) is 13.3 Å². The second-order valence-corrected chi connectivity index (χ2v) is 1.92. The van der Waals surface area contributed by atoms with Crippen molar-refractivity contribution in [3.63, 3.8) is 0 Å². The summed E-state index contributed by atoms with van der Waals surface area (Å²) in [5.74, 6) is 0.755. The molecule has 0 bridgehead atoms. The predicted octanol–water partition coefficient (Wildman–Crippen LogP) is 0.869. The summed E-state index contributed by atoms with van der Waals surface area (Å²) in [5.41, 5.74) is 6.39. The number of nitrogens with two attached hydrogens (primary N) is 1. The second-order valence-electron chi connectivity index (χ2n) is 1.92. The third-order valence-corrected chi connectivity index (χ3v) is 1.06. The summed E-state index contributed by atoms with van der Waals surface area (Å²) < 4.78 is 0. The topological polar surface area (TPSA) is 26.0 Å². The summed E-state index contributed by atoms with van der Waals surface area (Å²) >= 11 is 0. The van der Waals surface area contributed by atoms with Crippen LogP contribution >= 0.6 is 0 Å². The van der Waals surface area contributed by atoms with Gasteiger partial charge in [0.15, 0.2) is 0 Å². The van der Waals surface area contributed by atoms with Gasteiger partial charge in [-0.2, -0.15) is 0 Å². The fourth-order valence-electron chi connectivity index (χ4n) is 0.704. The molecule has 0 aromatic rings. The van der Waals surface area contributed by atoms with Gasteiger partial charge in [0, 0.05) is 5.70 Å². The summed E-state index contributed by atoms with van der Waals surface area (Å²) in [6.07, 6.45) is 3.19. The highest BCUT2D eigenvalue weighted by Gasteiger charge is 2.08. The fraction of sp³-hybridized carbons (Fsp3) is 0.600. The minimum Gasteiger partial charge on any atom is -0.402 e. The molecule has 1 aliphatic rings. The zero-order chi connectivity index (χ0) is 4.57. The molecule has 6 heavy (non-hydrogen) atoms. The lowest BCUT2D eigenvalue weighted by Gasteiger charge is -2.16. The average molecular weight is 83.1 g/mol. The molecule has 1 nitrogen and oxygen atoms in total. The Bertz CT molecular complexity index is 83.9. The highest BCUT2D eigenvalue weighted by atomic mass is 14.6. The molecule has 0 saturated carbocycles. The maximum atomic E-state index is 5.33. The summed E-state index contributed by atoms with van der Waals surface area (Å²) in [6, 6.07) is 0. The van der Waals surface area contributed by atoms with Crippen LogP contribution in [0.5, 0.6) is 0 Å². The Balaban J connectivity index is 2.46. The molecule has 0 fully saturated rings. The van der Waals surface area contributed by atoms with Gasteiger partial charge in [-0.3, -0.25) is 0 Å². The minimum atomic E-state index is 0.755. The zero-order valence-corrected chi connectivity index (χ0v) is 3.94. The Kier molecular flexibility index (Phi) is 0.621. The Hall–Kier alpha value is -0.460. The van der Waals surface area contributed by atoms with E-state index in [4.69, 9.17) is 5.73 Å². The van der Waals surface area contributed by atoms with Gasteiger partial charge in [-0.25, -0.2) is 0 Å². The van der Waals surface area contributed by atoms with Crippen molar-refractivity contribution in [3.8, 4) is 0 Å². The number of allylic oxidation sites excluding steroid dienone is 2. The van der Waals surface area contributed by atoms with Crippen molar-refractivity contribution >= 4 is 0 Å². The van der Waals surface area contributed by atoms with Crippen LogP contribution in [0.1, 0.15) is 13.3 Å². The van der Waals surface area contributed by atoms with Gasteiger partial charge in [-0.15, -0.1) is 0 Å². The van der Waals surface area contributed by atoms with Gasteiger partial charge in [-0.05, 0) is 12.3 Å². The van der Waals surface area contributed by atoms with Crippen LogP contribution in [-0.2, 0) is 0 Å². The van der Waals surface area contributed by atoms with Crippen molar-refractivity contribution in [3.05, 3.63) is 11.8 Å². The van der Waals surface area contributed by atoms with Crippen molar-refractivity contribution in [1.82, 2.24) is 0 Å². The van der Waals surface area contributed by atoms with Gasteiger partial charge < -0.3 is 5.73 Å². The van der Waals surface area contributed by atoms with Crippen LogP contribution in [0.15, 0.2) is 11.8 Å². The lowest BCUT2D eigenvalue weighted by molar-refractivity contribution is 0.631. The quantitative estimate of drug-likeness (QED) is 0.462. The summed E-state index contributed by atoms with van der Waals surface area (Å²) in [4.78, 5) is 0. The third kappa shape index (κ3) is 0.402. The molecule has 0 radical (unpaired) electrons. The average Bonchev–Trinajstić information content (AvgIpc) is 1.33. The second kappa shape index (κ2) is 1.00. The van der Waals surface area contributed by atoms with Gasteiger partial charge in [0.05, 0.1) is 0 Å². The summed E-state index contributed by atoms with van der Waals surface area (Å²) in [5, 5.41) is 0. The lowest BCUT2D eigenvalue weighted by atomic mass is 9.94. The SMILES string of the molecule is C[C@@H]1C=C(N)C1. The molecule has 1 heteroatoms. The molecule has 0 aliphatic heterocycles. The standard InChI is InChI=1S/C5H9N/c1-4-2-5(6)3-4/h2,4H,3,6H2,1H3/t4-/m1/s1. The van der Waals surface area contributed by atoms with E-state index in [1.165, 1.54) is 0 Å². The summed E-state index contributed by atoms with van der Waals surface area (Å²) in [6.45, 7) is 2.16. The van der Waals surface area contributed by atoms with Crippen LogP contribution in [0.25, 0.3) is 0 Å². The largest absolute Gasteiger partial charge is 0.402 e. The minimum absolute atomic E-state index is 0.755. The molecule has 0 heterocycles. The molecule has 2 N–H and O–H groups in total. The van der Waals surface area contributed by atoms with Gasteiger partial charge in [0.25, 0.3) is 0 Å². The molecule has 0 spiro atoms.